The van der Waals surface area contributed by atoms with Gasteiger partial charge in [0.05, 0.1) is 0 Å². The predicted octanol–water partition coefficient (Wildman–Crippen LogP) is 1.94. The third kappa shape index (κ3) is 3.96. The van der Waals surface area contributed by atoms with E-state index in [4.69, 9.17) is 5.73 Å². The molecule has 0 aliphatic heterocycles. The molecule has 1 aromatic heterocycles. The minimum atomic E-state index is -3.42. The van der Waals surface area contributed by atoms with Gasteiger partial charge < -0.3 is 5.73 Å². The van der Waals surface area contributed by atoms with Crippen molar-refractivity contribution < 1.29 is 8.42 Å². The maximum atomic E-state index is 12.2. The van der Waals surface area contributed by atoms with Crippen LogP contribution in [0.15, 0.2) is 10.3 Å². The van der Waals surface area contributed by atoms with Crippen LogP contribution in [0.25, 0.3) is 0 Å². The minimum absolute atomic E-state index is 0.260. The van der Waals surface area contributed by atoms with Crippen LogP contribution in [0.4, 0.5) is 0 Å². The monoisotopic (exact) mass is 308 g/mol. The van der Waals surface area contributed by atoms with Crippen LogP contribution >= 0.6 is 23.1 Å². The molecule has 18 heavy (non-hydrogen) atoms. The van der Waals surface area contributed by atoms with Crippen LogP contribution in [0.3, 0.4) is 0 Å². The molecule has 0 bridgehead atoms. The van der Waals surface area contributed by atoms with E-state index in [2.05, 4.69) is 11.6 Å². The van der Waals surface area contributed by atoms with E-state index in [0.29, 0.717) is 16.7 Å². The third-order valence-electron chi connectivity index (χ3n) is 2.69. The standard InChI is InChI=1S/C11H20N2O2S3/c1-8-7-17-10(6-12)11(8)18(14,15)13-5-4-9(2)16-3/h7,9,13H,4-6,12H2,1-3H3. The molecule has 0 amide bonds. The summed E-state index contributed by atoms with van der Waals surface area (Å²) in [4.78, 5) is 1.09. The van der Waals surface area contributed by atoms with E-state index < -0.39 is 10.0 Å². The number of hydrogen-bond acceptors (Lipinski definition) is 5. The van der Waals surface area contributed by atoms with Gasteiger partial charge in [0, 0.05) is 23.2 Å². The number of hydrogen-bond donors (Lipinski definition) is 2. The molecule has 0 radical (unpaired) electrons. The molecule has 104 valence electrons. The van der Waals surface area contributed by atoms with Gasteiger partial charge in [0.1, 0.15) is 4.90 Å². The first-order valence-electron chi connectivity index (χ1n) is 5.71. The van der Waals surface area contributed by atoms with E-state index in [1.54, 1.807) is 18.7 Å². The largest absolute Gasteiger partial charge is 0.326 e. The van der Waals surface area contributed by atoms with E-state index >= 15 is 0 Å². The Labute approximate surface area is 117 Å². The number of thioether (sulfide) groups is 1. The molecule has 1 atom stereocenters. The van der Waals surface area contributed by atoms with Crippen LogP contribution in [0, 0.1) is 6.92 Å². The minimum Gasteiger partial charge on any atom is -0.326 e. The van der Waals surface area contributed by atoms with Crippen LogP contribution in [-0.4, -0.2) is 26.5 Å². The van der Waals surface area contributed by atoms with E-state index in [9.17, 15) is 8.42 Å². The first kappa shape index (κ1) is 16.0. The molecule has 0 aliphatic carbocycles. The number of nitrogens with one attached hydrogen (secondary N) is 1. The molecule has 3 N–H and O–H groups in total. The second-order valence-electron chi connectivity index (χ2n) is 4.11. The predicted molar refractivity (Wildman–Crippen MR) is 79.7 cm³/mol. The van der Waals surface area contributed by atoms with Crippen molar-refractivity contribution in [2.24, 2.45) is 5.73 Å². The van der Waals surface area contributed by atoms with Crippen LogP contribution in [-0.2, 0) is 16.6 Å². The lowest BCUT2D eigenvalue weighted by molar-refractivity contribution is 0.578. The molecule has 0 fully saturated rings. The Morgan fingerprint density at radius 2 is 2.22 bits per heavy atom. The van der Waals surface area contributed by atoms with Gasteiger partial charge in [0.2, 0.25) is 10.0 Å². The van der Waals surface area contributed by atoms with Gasteiger partial charge in [-0.3, -0.25) is 0 Å². The zero-order chi connectivity index (χ0) is 13.8. The van der Waals surface area contributed by atoms with Crippen molar-refractivity contribution in [3.05, 3.63) is 15.8 Å². The summed E-state index contributed by atoms with van der Waals surface area (Å²) >= 11 is 3.13. The molecule has 0 aliphatic rings. The Hall–Kier alpha value is -0.0800. The highest BCUT2D eigenvalue weighted by Gasteiger charge is 2.21. The second-order valence-corrected chi connectivity index (χ2v) is 8.05. The van der Waals surface area contributed by atoms with Gasteiger partial charge >= 0.3 is 0 Å². The Balaban J connectivity index is 2.77. The molecular formula is C11H20N2O2S3. The Kier molecular flexibility index (Phi) is 6.13. The lowest BCUT2D eigenvalue weighted by atomic mass is 10.3. The van der Waals surface area contributed by atoms with E-state index in [0.717, 1.165) is 16.9 Å². The summed E-state index contributed by atoms with van der Waals surface area (Å²) in [5, 5.41) is 2.28. The van der Waals surface area contributed by atoms with Gasteiger partial charge in [-0.05, 0) is 30.5 Å². The van der Waals surface area contributed by atoms with Gasteiger partial charge in [0.25, 0.3) is 0 Å². The molecule has 4 nitrogen and oxygen atoms in total. The van der Waals surface area contributed by atoms with E-state index in [-0.39, 0.29) is 6.54 Å². The van der Waals surface area contributed by atoms with Crippen molar-refractivity contribution in [2.45, 2.75) is 37.0 Å². The summed E-state index contributed by atoms with van der Waals surface area (Å²) in [7, 11) is -3.42. The van der Waals surface area contributed by atoms with E-state index in [1.807, 2.05) is 11.6 Å². The van der Waals surface area contributed by atoms with Gasteiger partial charge in [-0.2, -0.15) is 11.8 Å². The highest BCUT2D eigenvalue weighted by Crippen LogP contribution is 2.26. The van der Waals surface area contributed by atoms with Crippen LogP contribution in [0.5, 0.6) is 0 Å². The number of sulfonamides is 1. The number of rotatable bonds is 7. The van der Waals surface area contributed by atoms with Gasteiger partial charge in [0.15, 0.2) is 0 Å². The lowest BCUT2D eigenvalue weighted by Gasteiger charge is -2.11. The smallest absolute Gasteiger partial charge is 0.241 e. The molecule has 0 saturated carbocycles. The summed E-state index contributed by atoms with van der Waals surface area (Å²) in [5.74, 6) is 0. The van der Waals surface area contributed by atoms with Crippen molar-refractivity contribution >= 4 is 33.1 Å². The fourth-order valence-electron chi connectivity index (χ4n) is 1.58. The van der Waals surface area contributed by atoms with Gasteiger partial charge in [-0.25, -0.2) is 13.1 Å². The maximum absolute atomic E-state index is 12.2. The fraction of sp³-hybridized carbons (Fsp3) is 0.636. The maximum Gasteiger partial charge on any atom is 0.241 e. The zero-order valence-electron chi connectivity index (χ0n) is 10.9. The highest BCUT2D eigenvalue weighted by atomic mass is 32.2. The first-order chi connectivity index (χ1) is 8.42. The molecule has 1 heterocycles. The average Bonchev–Trinajstić information content (AvgIpc) is 2.70. The van der Waals surface area contributed by atoms with Crippen molar-refractivity contribution in [2.75, 3.05) is 12.8 Å². The Morgan fingerprint density at radius 3 is 2.78 bits per heavy atom. The van der Waals surface area contributed by atoms with Crippen LogP contribution < -0.4 is 10.5 Å². The second kappa shape index (κ2) is 6.91. The van der Waals surface area contributed by atoms with Crippen molar-refractivity contribution in [1.82, 2.24) is 4.72 Å². The number of aryl methyl sites for hydroxylation is 1. The number of nitrogens with two attached hydrogens (primary N) is 1. The fourth-order valence-corrected chi connectivity index (χ4v) is 4.68. The molecule has 1 unspecified atom stereocenters. The van der Waals surface area contributed by atoms with Crippen molar-refractivity contribution in [1.29, 1.82) is 0 Å². The molecule has 1 aromatic rings. The van der Waals surface area contributed by atoms with Crippen LogP contribution in [0.1, 0.15) is 23.8 Å². The normalized spacial score (nSPS) is 13.8. The summed E-state index contributed by atoms with van der Waals surface area (Å²) in [6.07, 6.45) is 2.84. The number of thiophene rings is 1. The summed E-state index contributed by atoms with van der Waals surface area (Å²) < 4.78 is 27.0. The van der Waals surface area contributed by atoms with Crippen molar-refractivity contribution in [3.8, 4) is 0 Å². The molecule has 1 rings (SSSR count). The summed E-state index contributed by atoms with van der Waals surface area (Å²) in [5.41, 5.74) is 6.34. The zero-order valence-corrected chi connectivity index (χ0v) is 13.3. The van der Waals surface area contributed by atoms with Gasteiger partial charge in [-0.15, -0.1) is 11.3 Å². The highest BCUT2D eigenvalue weighted by molar-refractivity contribution is 7.99. The molecular weight excluding hydrogens is 288 g/mol. The molecule has 0 aromatic carbocycles. The summed E-state index contributed by atoms with van der Waals surface area (Å²) in [6.45, 7) is 4.61. The quantitative estimate of drug-likeness (QED) is 0.807. The molecule has 7 heteroatoms. The lowest BCUT2D eigenvalue weighted by Crippen LogP contribution is -2.27. The topological polar surface area (TPSA) is 72.2 Å². The Bertz CT molecular complexity index is 482. The summed E-state index contributed by atoms with van der Waals surface area (Å²) in [6, 6.07) is 0. The van der Waals surface area contributed by atoms with E-state index in [1.165, 1.54) is 11.3 Å². The Morgan fingerprint density at radius 1 is 1.56 bits per heavy atom. The first-order valence-corrected chi connectivity index (χ1v) is 9.37. The van der Waals surface area contributed by atoms with Crippen LogP contribution in [0.2, 0.25) is 0 Å². The third-order valence-corrected chi connectivity index (χ3v) is 6.68. The average molecular weight is 308 g/mol. The van der Waals surface area contributed by atoms with Gasteiger partial charge in [-0.1, -0.05) is 6.92 Å². The SMILES string of the molecule is CSC(C)CCNS(=O)(=O)c1c(C)csc1CN. The molecule has 0 spiro atoms. The van der Waals surface area contributed by atoms with Crippen molar-refractivity contribution in [3.63, 3.8) is 0 Å². The molecule has 0 saturated heterocycles.